The molecule has 0 N–H and O–H groups in total. The second kappa shape index (κ2) is 5.97. The van der Waals surface area contributed by atoms with Crippen molar-refractivity contribution in [3.8, 4) is 0 Å². The van der Waals surface area contributed by atoms with Gasteiger partial charge < -0.3 is 4.74 Å². The van der Waals surface area contributed by atoms with E-state index in [2.05, 4.69) is 13.0 Å². The van der Waals surface area contributed by atoms with Gasteiger partial charge in [-0.3, -0.25) is 4.79 Å². The van der Waals surface area contributed by atoms with Gasteiger partial charge in [-0.1, -0.05) is 31.2 Å². The molecule has 1 aromatic rings. The summed E-state index contributed by atoms with van der Waals surface area (Å²) < 4.78 is 5.47. The standard InChI is InChI=1S/C15H20O2/c1-2-10-17-11-9-13-8-7-12-5-3-4-6-14(12)15(13)16/h3-6,13H,2,7-11H2,1H3. The molecule has 0 fully saturated rings. The summed E-state index contributed by atoms with van der Waals surface area (Å²) in [5.74, 6) is 0.480. The van der Waals surface area contributed by atoms with Gasteiger partial charge in [0, 0.05) is 24.7 Å². The molecule has 17 heavy (non-hydrogen) atoms. The van der Waals surface area contributed by atoms with Gasteiger partial charge in [-0.15, -0.1) is 0 Å². The maximum absolute atomic E-state index is 12.2. The van der Waals surface area contributed by atoms with Gasteiger partial charge in [-0.2, -0.15) is 0 Å². The van der Waals surface area contributed by atoms with Crippen molar-refractivity contribution in [3.05, 3.63) is 35.4 Å². The molecule has 2 nitrogen and oxygen atoms in total. The third-order valence-electron chi connectivity index (χ3n) is 3.37. The topological polar surface area (TPSA) is 26.3 Å². The smallest absolute Gasteiger partial charge is 0.166 e. The molecule has 0 spiro atoms. The third kappa shape index (κ3) is 2.95. The lowest BCUT2D eigenvalue weighted by atomic mass is 9.81. The lowest BCUT2D eigenvalue weighted by molar-refractivity contribution is 0.0814. The number of fused-ring (bicyclic) bond motifs is 1. The molecule has 0 saturated carbocycles. The van der Waals surface area contributed by atoms with Crippen LogP contribution < -0.4 is 0 Å². The first kappa shape index (κ1) is 12.3. The highest BCUT2D eigenvalue weighted by molar-refractivity contribution is 6.00. The number of carbonyl (C=O) groups excluding carboxylic acids is 1. The molecule has 1 aromatic carbocycles. The van der Waals surface area contributed by atoms with Crippen LogP contribution in [0, 0.1) is 5.92 Å². The zero-order valence-corrected chi connectivity index (χ0v) is 10.4. The summed E-state index contributed by atoms with van der Waals surface area (Å²) in [7, 11) is 0. The van der Waals surface area contributed by atoms with E-state index in [0.717, 1.165) is 37.9 Å². The highest BCUT2D eigenvalue weighted by Crippen LogP contribution is 2.27. The second-order valence-corrected chi connectivity index (χ2v) is 4.66. The van der Waals surface area contributed by atoms with Gasteiger partial charge in [0.05, 0.1) is 0 Å². The predicted molar refractivity (Wildman–Crippen MR) is 68.3 cm³/mol. The Morgan fingerprint density at radius 3 is 2.94 bits per heavy atom. The van der Waals surface area contributed by atoms with Crippen molar-refractivity contribution in [1.82, 2.24) is 0 Å². The number of carbonyl (C=O) groups is 1. The maximum atomic E-state index is 12.2. The molecular formula is C15H20O2. The van der Waals surface area contributed by atoms with Crippen LogP contribution in [0.2, 0.25) is 0 Å². The summed E-state index contributed by atoms with van der Waals surface area (Å²) in [6.07, 6.45) is 3.92. The number of benzene rings is 1. The molecule has 2 heteroatoms. The van der Waals surface area contributed by atoms with Crippen LogP contribution in [0.5, 0.6) is 0 Å². The van der Waals surface area contributed by atoms with Crippen LogP contribution in [-0.2, 0) is 11.2 Å². The van der Waals surface area contributed by atoms with Gasteiger partial charge in [-0.25, -0.2) is 0 Å². The van der Waals surface area contributed by atoms with Crippen LogP contribution in [0.15, 0.2) is 24.3 Å². The molecule has 0 heterocycles. The molecule has 1 aliphatic rings. The van der Waals surface area contributed by atoms with Gasteiger partial charge in [-0.05, 0) is 31.2 Å². The van der Waals surface area contributed by atoms with E-state index in [1.54, 1.807) is 0 Å². The average Bonchev–Trinajstić information content (AvgIpc) is 2.37. The minimum absolute atomic E-state index is 0.168. The fourth-order valence-corrected chi connectivity index (χ4v) is 2.41. The fraction of sp³-hybridized carbons (Fsp3) is 0.533. The minimum Gasteiger partial charge on any atom is -0.381 e. The van der Waals surface area contributed by atoms with E-state index in [9.17, 15) is 4.79 Å². The molecule has 1 unspecified atom stereocenters. The number of rotatable bonds is 5. The number of Topliss-reactive ketones (excluding diaryl/α,β-unsaturated/α-hetero) is 1. The average molecular weight is 232 g/mol. The van der Waals surface area contributed by atoms with Gasteiger partial charge >= 0.3 is 0 Å². The Kier molecular flexibility index (Phi) is 4.32. The SMILES string of the molecule is CCCOCCC1CCc2ccccc2C1=O. The Morgan fingerprint density at radius 1 is 1.29 bits per heavy atom. The molecule has 0 amide bonds. The Hall–Kier alpha value is -1.15. The van der Waals surface area contributed by atoms with E-state index in [1.165, 1.54) is 5.56 Å². The lowest BCUT2D eigenvalue weighted by Crippen LogP contribution is -2.23. The van der Waals surface area contributed by atoms with Gasteiger partial charge in [0.15, 0.2) is 5.78 Å². The van der Waals surface area contributed by atoms with Crippen molar-refractivity contribution in [2.45, 2.75) is 32.6 Å². The van der Waals surface area contributed by atoms with Crippen molar-refractivity contribution in [3.63, 3.8) is 0 Å². The van der Waals surface area contributed by atoms with Crippen molar-refractivity contribution in [1.29, 1.82) is 0 Å². The van der Waals surface area contributed by atoms with Gasteiger partial charge in [0.1, 0.15) is 0 Å². The van der Waals surface area contributed by atoms with Gasteiger partial charge in [0.25, 0.3) is 0 Å². The van der Waals surface area contributed by atoms with E-state index in [1.807, 2.05) is 18.2 Å². The molecule has 1 aliphatic carbocycles. The van der Waals surface area contributed by atoms with Crippen molar-refractivity contribution < 1.29 is 9.53 Å². The van der Waals surface area contributed by atoms with Gasteiger partial charge in [0.2, 0.25) is 0 Å². The first-order chi connectivity index (χ1) is 8.33. The lowest BCUT2D eigenvalue weighted by Gasteiger charge is -2.23. The number of ether oxygens (including phenoxy) is 1. The molecule has 0 aliphatic heterocycles. The van der Waals surface area contributed by atoms with Crippen LogP contribution in [0.4, 0.5) is 0 Å². The largest absolute Gasteiger partial charge is 0.381 e. The van der Waals surface area contributed by atoms with E-state index in [4.69, 9.17) is 4.74 Å². The molecule has 0 radical (unpaired) electrons. The third-order valence-corrected chi connectivity index (χ3v) is 3.37. The molecule has 0 saturated heterocycles. The molecule has 2 rings (SSSR count). The van der Waals surface area contributed by atoms with Crippen molar-refractivity contribution in [2.75, 3.05) is 13.2 Å². The van der Waals surface area contributed by atoms with Crippen LogP contribution in [0.25, 0.3) is 0 Å². The molecule has 1 atom stereocenters. The van der Waals surface area contributed by atoms with Crippen molar-refractivity contribution in [2.24, 2.45) is 5.92 Å². The highest BCUT2D eigenvalue weighted by Gasteiger charge is 2.26. The molecule has 0 aromatic heterocycles. The number of ketones is 1. The Labute approximate surface area is 103 Å². The van der Waals surface area contributed by atoms with Crippen LogP contribution in [0.1, 0.15) is 42.1 Å². The number of hydrogen-bond donors (Lipinski definition) is 0. The van der Waals surface area contributed by atoms with E-state index in [-0.39, 0.29) is 5.92 Å². The summed E-state index contributed by atoms with van der Waals surface area (Å²) in [6.45, 7) is 3.62. The normalized spacial score (nSPS) is 19.1. The summed E-state index contributed by atoms with van der Waals surface area (Å²) in [4.78, 5) is 12.2. The zero-order chi connectivity index (χ0) is 12.1. The first-order valence-corrected chi connectivity index (χ1v) is 6.52. The Balaban J connectivity index is 1.93. The monoisotopic (exact) mass is 232 g/mol. The summed E-state index contributed by atoms with van der Waals surface area (Å²) in [5.41, 5.74) is 2.14. The number of aryl methyl sites for hydroxylation is 1. The van der Waals surface area contributed by atoms with E-state index >= 15 is 0 Å². The number of hydrogen-bond acceptors (Lipinski definition) is 2. The summed E-state index contributed by atoms with van der Waals surface area (Å²) >= 11 is 0. The van der Waals surface area contributed by atoms with Crippen LogP contribution in [-0.4, -0.2) is 19.0 Å². The van der Waals surface area contributed by atoms with E-state index in [0.29, 0.717) is 12.4 Å². The molecule has 92 valence electrons. The second-order valence-electron chi connectivity index (χ2n) is 4.66. The Morgan fingerprint density at radius 2 is 2.12 bits per heavy atom. The van der Waals surface area contributed by atoms with Crippen LogP contribution in [0.3, 0.4) is 0 Å². The Bertz CT molecular complexity index is 384. The molecule has 0 bridgehead atoms. The van der Waals surface area contributed by atoms with Crippen LogP contribution >= 0.6 is 0 Å². The van der Waals surface area contributed by atoms with E-state index < -0.39 is 0 Å². The fourth-order valence-electron chi connectivity index (χ4n) is 2.41. The predicted octanol–water partition coefficient (Wildman–Crippen LogP) is 3.25. The quantitative estimate of drug-likeness (QED) is 0.728. The summed E-state index contributed by atoms with van der Waals surface area (Å²) in [6, 6.07) is 7.98. The minimum atomic E-state index is 0.168. The first-order valence-electron chi connectivity index (χ1n) is 6.52. The maximum Gasteiger partial charge on any atom is 0.166 e. The molecular weight excluding hydrogens is 212 g/mol. The summed E-state index contributed by atoms with van der Waals surface area (Å²) in [5, 5.41) is 0. The zero-order valence-electron chi connectivity index (χ0n) is 10.4. The van der Waals surface area contributed by atoms with Crippen molar-refractivity contribution >= 4 is 5.78 Å². The highest BCUT2D eigenvalue weighted by atomic mass is 16.5.